The van der Waals surface area contributed by atoms with Gasteiger partial charge in [0.25, 0.3) is 0 Å². The van der Waals surface area contributed by atoms with Gasteiger partial charge in [-0.15, -0.1) is 0 Å². The van der Waals surface area contributed by atoms with Crippen LogP contribution in [-0.4, -0.2) is 11.6 Å². The molecule has 2 aromatic rings. The van der Waals surface area contributed by atoms with Crippen molar-refractivity contribution in [3.05, 3.63) is 57.3 Å². The molecule has 0 amide bonds. The van der Waals surface area contributed by atoms with Gasteiger partial charge in [-0.2, -0.15) is 0 Å². The van der Waals surface area contributed by atoms with Crippen molar-refractivity contribution >= 4 is 23.2 Å². The van der Waals surface area contributed by atoms with Crippen LogP contribution in [0, 0.1) is 0 Å². The predicted molar refractivity (Wildman–Crippen MR) is 83.7 cm³/mol. The van der Waals surface area contributed by atoms with Crippen LogP contribution in [0.4, 0.5) is 0 Å². The number of pyridine rings is 1. The van der Waals surface area contributed by atoms with E-state index in [0.717, 1.165) is 23.3 Å². The number of fused-ring (bicyclic) bond motifs is 1. The molecule has 6 heteroatoms. The maximum atomic E-state index is 6.20. The average Bonchev–Trinajstić information content (AvgIpc) is 2.93. The normalized spacial score (nSPS) is 14.6. The second-order valence-corrected chi connectivity index (χ2v) is 5.79. The van der Waals surface area contributed by atoms with E-state index in [2.05, 4.69) is 10.4 Å². The number of nitrogens with one attached hydrogen (secondary N) is 1. The molecule has 1 atom stereocenters. The van der Waals surface area contributed by atoms with E-state index in [1.54, 1.807) is 18.3 Å². The minimum atomic E-state index is -0.203. The number of benzene rings is 1. The molecule has 3 N–H and O–H groups in total. The summed E-state index contributed by atoms with van der Waals surface area (Å²) in [5.41, 5.74) is 5.64. The number of halogens is 2. The van der Waals surface area contributed by atoms with Crippen molar-refractivity contribution in [3.63, 3.8) is 0 Å². The number of aromatic nitrogens is 1. The lowest BCUT2D eigenvalue weighted by atomic mass is 9.99. The van der Waals surface area contributed by atoms with Crippen molar-refractivity contribution < 1.29 is 4.74 Å². The Balaban J connectivity index is 1.94. The van der Waals surface area contributed by atoms with Crippen LogP contribution in [-0.2, 0) is 12.8 Å². The van der Waals surface area contributed by atoms with E-state index in [-0.39, 0.29) is 6.04 Å². The summed E-state index contributed by atoms with van der Waals surface area (Å²) >= 11 is 12.4. The first-order valence-electron chi connectivity index (χ1n) is 6.69. The molecule has 0 aliphatic carbocycles. The number of nitrogens with two attached hydrogens (primary N) is 1. The molecule has 0 fully saturated rings. The first-order valence-corrected chi connectivity index (χ1v) is 7.45. The fourth-order valence-corrected chi connectivity index (χ4v) is 3.12. The molecular weight excluding hydrogens is 309 g/mol. The van der Waals surface area contributed by atoms with Gasteiger partial charge in [0, 0.05) is 17.6 Å². The number of hydrazine groups is 1. The minimum Gasteiger partial charge on any atom is -0.493 e. The third kappa shape index (κ3) is 2.99. The van der Waals surface area contributed by atoms with Crippen LogP contribution in [0.2, 0.25) is 10.0 Å². The summed E-state index contributed by atoms with van der Waals surface area (Å²) in [7, 11) is 0. The Labute approximate surface area is 133 Å². The number of rotatable bonds is 4. The number of ether oxygens (including phenoxy) is 1. The van der Waals surface area contributed by atoms with Gasteiger partial charge < -0.3 is 4.74 Å². The SMILES string of the molecule is NNC(Cc1cc(Cl)cc2c1OCC2)c1ncccc1Cl. The Morgan fingerprint density at radius 1 is 1.38 bits per heavy atom. The highest BCUT2D eigenvalue weighted by molar-refractivity contribution is 6.31. The van der Waals surface area contributed by atoms with Crippen LogP contribution in [0.1, 0.15) is 22.9 Å². The van der Waals surface area contributed by atoms with Crippen molar-refractivity contribution in [1.29, 1.82) is 0 Å². The zero-order valence-electron chi connectivity index (χ0n) is 11.3. The summed E-state index contributed by atoms with van der Waals surface area (Å²) in [6.45, 7) is 0.688. The summed E-state index contributed by atoms with van der Waals surface area (Å²) < 4.78 is 5.72. The summed E-state index contributed by atoms with van der Waals surface area (Å²) in [5.74, 6) is 6.59. The molecule has 3 rings (SSSR count). The fourth-order valence-electron chi connectivity index (χ4n) is 2.61. The van der Waals surface area contributed by atoms with Gasteiger partial charge >= 0.3 is 0 Å². The smallest absolute Gasteiger partial charge is 0.125 e. The molecule has 0 saturated carbocycles. The van der Waals surface area contributed by atoms with E-state index < -0.39 is 0 Å². The van der Waals surface area contributed by atoms with Crippen LogP contribution in [0.5, 0.6) is 5.75 Å². The summed E-state index contributed by atoms with van der Waals surface area (Å²) in [5, 5.41) is 1.29. The van der Waals surface area contributed by atoms with Gasteiger partial charge in [0.1, 0.15) is 5.75 Å². The van der Waals surface area contributed by atoms with Gasteiger partial charge in [-0.25, -0.2) is 0 Å². The van der Waals surface area contributed by atoms with E-state index in [1.165, 1.54) is 0 Å². The van der Waals surface area contributed by atoms with E-state index in [0.29, 0.717) is 28.8 Å². The van der Waals surface area contributed by atoms with Crippen molar-refractivity contribution in [2.75, 3.05) is 6.61 Å². The largest absolute Gasteiger partial charge is 0.493 e. The second kappa shape index (κ2) is 6.20. The zero-order valence-corrected chi connectivity index (χ0v) is 12.8. The van der Waals surface area contributed by atoms with Crippen LogP contribution >= 0.6 is 23.2 Å². The maximum absolute atomic E-state index is 6.20. The molecule has 1 aromatic carbocycles. The molecule has 110 valence electrons. The first-order chi connectivity index (χ1) is 10.2. The Bertz CT molecular complexity index is 663. The van der Waals surface area contributed by atoms with E-state index in [9.17, 15) is 0 Å². The quantitative estimate of drug-likeness (QED) is 0.670. The van der Waals surface area contributed by atoms with Crippen molar-refractivity contribution in [1.82, 2.24) is 10.4 Å². The number of hydrogen-bond donors (Lipinski definition) is 2. The molecular formula is C15H15Cl2N3O. The second-order valence-electron chi connectivity index (χ2n) is 4.95. The highest BCUT2D eigenvalue weighted by Crippen LogP contribution is 2.35. The highest BCUT2D eigenvalue weighted by Gasteiger charge is 2.22. The first kappa shape index (κ1) is 14.6. The third-order valence-corrected chi connectivity index (χ3v) is 4.11. The molecule has 2 heterocycles. The summed E-state index contributed by atoms with van der Waals surface area (Å²) in [4.78, 5) is 4.31. The zero-order chi connectivity index (χ0) is 14.8. The lowest BCUT2D eigenvalue weighted by Crippen LogP contribution is -2.30. The van der Waals surface area contributed by atoms with Crippen molar-refractivity contribution in [2.45, 2.75) is 18.9 Å². The predicted octanol–water partition coefficient (Wildman–Crippen LogP) is 3.07. The van der Waals surface area contributed by atoms with Gasteiger partial charge in [-0.05, 0) is 41.8 Å². The molecule has 4 nitrogen and oxygen atoms in total. The Hall–Kier alpha value is -1.33. The standard InChI is InChI=1S/C15H15Cl2N3O/c16-11-6-9-3-5-21-15(9)10(7-11)8-13(20-18)14-12(17)2-1-4-19-14/h1-2,4,6-7,13,20H,3,5,8,18H2. The molecule has 1 aliphatic heterocycles. The molecule has 0 spiro atoms. The fraction of sp³-hybridized carbons (Fsp3) is 0.267. The number of nitrogens with zero attached hydrogens (tertiary/aromatic N) is 1. The van der Waals surface area contributed by atoms with E-state index in [1.807, 2.05) is 12.1 Å². The van der Waals surface area contributed by atoms with Gasteiger partial charge in [-0.3, -0.25) is 16.3 Å². The maximum Gasteiger partial charge on any atom is 0.125 e. The average molecular weight is 324 g/mol. The van der Waals surface area contributed by atoms with Gasteiger partial charge in [0.05, 0.1) is 23.4 Å². The summed E-state index contributed by atoms with van der Waals surface area (Å²) in [6.07, 6.45) is 3.19. The monoisotopic (exact) mass is 323 g/mol. The van der Waals surface area contributed by atoms with Crippen LogP contribution in [0.15, 0.2) is 30.5 Å². The molecule has 0 saturated heterocycles. The third-order valence-electron chi connectivity index (χ3n) is 3.57. The Morgan fingerprint density at radius 3 is 3.00 bits per heavy atom. The van der Waals surface area contributed by atoms with Gasteiger partial charge in [-0.1, -0.05) is 23.2 Å². The molecule has 1 aliphatic rings. The van der Waals surface area contributed by atoms with E-state index in [4.69, 9.17) is 33.8 Å². The van der Waals surface area contributed by atoms with E-state index >= 15 is 0 Å². The van der Waals surface area contributed by atoms with Gasteiger partial charge in [0.15, 0.2) is 0 Å². The van der Waals surface area contributed by atoms with Crippen LogP contribution in [0.25, 0.3) is 0 Å². The summed E-state index contributed by atoms with van der Waals surface area (Å²) in [6, 6.07) is 7.25. The number of hydrogen-bond acceptors (Lipinski definition) is 4. The minimum absolute atomic E-state index is 0.203. The molecule has 1 aromatic heterocycles. The molecule has 21 heavy (non-hydrogen) atoms. The lowest BCUT2D eigenvalue weighted by molar-refractivity contribution is 0.351. The lowest BCUT2D eigenvalue weighted by Gasteiger charge is -2.18. The van der Waals surface area contributed by atoms with Gasteiger partial charge in [0.2, 0.25) is 0 Å². The van der Waals surface area contributed by atoms with Crippen molar-refractivity contribution in [2.24, 2.45) is 5.84 Å². The molecule has 0 radical (unpaired) electrons. The topological polar surface area (TPSA) is 60.2 Å². The van der Waals surface area contributed by atoms with Crippen LogP contribution in [0.3, 0.4) is 0 Å². The Kier molecular flexibility index (Phi) is 4.31. The van der Waals surface area contributed by atoms with Crippen molar-refractivity contribution in [3.8, 4) is 5.75 Å². The molecule has 1 unspecified atom stereocenters. The molecule has 0 bridgehead atoms. The highest BCUT2D eigenvalue weighted by atomic mass is 35.5. The Morgan fingerprint density at radius 2 is 2.24 bits per heavy atom. The van der Waals surface area contributed by atoms with Crippen LogP contribution < -0.4 is 16.0 Å².